The van der Waals surface area contributed by atoms with Crippen molar-refractivity contribution in [2.45, 2.75) is 0 Å². The van der Waals surface area contributed by atoms with E-state index in [1.807, 2.05) is 30.3 Å². The molecule has 0 saturated heterocycles. The lowest BCUT2D eigenvalue weighted by Crippen LogP contribution is -2.05. The van der Waals surface area contributed by atoms with Gasteiger partial charge in [-0.1, -0.05) is 43.0 Å². The molecule has 1 aromatic carbocycles. The molecule has 0 fully saturated rings. The van der Waals surface area contributed by atoms with Gasteiger partial charge in [0.25, 0.3) is 0 Å². The van der Waals surface area contributed by atoms with Gasteiger partial charge in [-0.3, -0.25) is 9.36 Å². The van der Waals surface area contributed by atoms with E-state index in [-0.39, 0.29) is 17.5 Å². The van der Waals surface area contributed by atoms with Crippen LogP contribution in [0.3, 0.4) is 0 Å². The Bertz CT molecular complexity index is 512. The van der Waals surface area contributed by atoms with E-state index in [0.29, 0.717) is 0 Å². The van der Waals surface area contributed by atoms with Crippen LogP contribution in [-0.2, 0) is 18.4 Å². The van der Waals surface area contributed by atoms with E-state index < -0.39 is 7.60 Å². The second-order valence-electron chi connectivity index (χ2n) is 3.85. The smallest absolute Gasteiger partial charge is 0.312 e. The molecule has 1 rings (SSSR count). The summed E-state index contributed by atoms with van der Waals surface area (Å²) in [6.45, 7) is 3.61. The number of benzene rings is 1. The van der Waals surface area contributed by atoms with E-state index in [1.165, 1.54) is 20.3 Å². The highest BCUT2D eigenvalue weighted by atomic mass is 31.2. The average molecular weight is 280 g/mol. The number of carbonyl (C=O) groups excluding carboxylic acids is 1. The van der Waals surface area contributed by atoms with Crippen LogP contribution in [0.5, 0.6) is 0 Å². The third-order valence-corrected chi connectivity index (χ3v) is 4.40. The third-order valence-electron chi connectivity index (χ3n) is 2.52. The maximum absolute atomic E-state index is 11.9. The van der Waals surface area contributed by atoms with Crippen molar-refractivity contribution in [2.24, 2.45) is 0 Å². The van der Waals surface area contributed by atoms with E-state index in [2.05, 4.69) is 6.58 Å². The molecule has 0 spiro atoms. The van der Waals surface area contributed by atoms with Crippen molar-refractivity contribution in [1.82, 2.24) is 0 Å². The minimum Gasteiger partial charge on any atom is -0.312 e. The van der Waals surface area contributed by atoms with E-state index in [1.54, 1.807) is 6.08 Å². The Balaban J connectivity index is 2.66. The van der Waals surface area contributed by atoms with Crippen molar-refractivity contribution in [3.63, 3.8) is 0 Å². The molecule has 0 radical (unpaired) electrons. The molecule has 0 saturated carbocycles. The summed E-state index contributed by atoms with van der Waals surface area (Å²) in [5.41, 5.74) is 1.10. The minimum atomic E-state index is -3.24. The van der Waals surface area contributed by atoms with Gasteiger partial charge in [-0.05, 0) is 11.6 Å². The molecule has 0 aliphatic carbocycles. The summed E-state index contributed by atoms with van der Waals surface area (Å²) in [7, 11) is -0.682. The van der Waals surface area contributed by atoms with Crippen LogP contribution < -0.4 is 0 Å². The standard InChI is InChI=1S/C14H17O4P/c1-12(11-19(16,17-2)18-3)14(15)10-9-13-7-5-4-6-8-13/h4-10H,1,11H2,2-3H3/b10-9+. The Morgan fingerprint density at radius 1 is 1.26 bits per heavy atom. The second-order valence-corrected chi connectivity index (χ2v) is 6.11. The van der Waals surface area contributed by atoms with Crippen LogP contribution in [-0.4, -0.2) is 26.2 Å². The molecule has 0 amide bonds. The van der Waals surface area contributed by atoms with Gasteiger partial charge in [0.2, 0.25) is 0 Å². The molecule has 0 aliphatic heterocycles. The first-order valence-electron chi connectivity index (χ1n) is 5.66. The molecule has 0 heterocycles. The van der Waals surface area contributed by atoms with Gasteiger partial charge < -0.3 is 9.05 Å². The fourth-order valence-electron chi connectivity index (χ4n) is 1.37. The Morgan fingerprint density at radius 2 is 1.84 bits per heavy atom. The van der Waals surface area contributed by atoms with Crippen molar-refractivity contribution in [3.05, 3.63) is 54.1 Å². The molecule has 0 bridgehead atoms. The fraction of sp³-hybridized carbons (Fsp3) is 0.214. The van der Waals surface area contributed by atoms with Crippen LogP contribution in [0, 0.1) is 0 Å². The van der Waals surface area contributed by atoms with Crippen molar-refractivity contribution < 1.29 is 18.4 Å². The Morgan fingerprint density at radius 3 is 2.37 bits per heavy atom. The van der Waals surface area contributed by atoms with Crippen molar-refractivity contribution in [3.8, 4) is 0 Å². The highest BCUT2D eigenvalue weighted by Crippen LogP contribution is 2.47. The molecule has 19 heavy (non-hydrogen) atoms. The maximum Gasteiger partial charge on any atom is 0.334 e. The zero-order valence-corrected chi connectivity index (χ0v) is 11.9. The number of rotatable bonds is 7. The van der Waals surface area contributed by atoms with Crippen LogP contribution in [0.4, 0.5) is 0 Å². The lowest BCUT2D eigenvalue weighted by Gasteiger charge is -2.13. The maximum atomic E-state index is 11.9. The van der Waals surface area contributed by atoms with Crippen molar-refractivity contribution >= 4 is 19.5 Å². The van der Waals surface area contributed by atoms with Gasteiger partial charge in [-0.25, -0.2) is 0 Å². The molecule has 4 nitrogen and oxygen atoms in total. The number of ketones is 1. The lowest BCUT2D eigenvalue weighted by molar-refractivity contribution is -0.111. The van der Waals surface area contributed by atoms with E-state index in [4.69, 9.17) is 9.05 Å². The molecule has 1 aromatic rings. The van der Waals surface area contributed by atoms with Gasteiger partial charge in [0.15, 0.2) is 5.78 Å². The van der Waals surface area contributed by atoms with E-state index in [9.17, 15) is 9.36 Å². The Hall–Kier alpha value is -1.48. The summed E-state index contributed by atoms with van der Waals surface area (Å²) < 4.78 is 21.4. The molecule has 0 aliphatic rings. The van der Waals surface area contributed by atoms with Crippen LogP contribution in [0.1, 0.15) is 5.56 Å². The van der Waals surface area contributed by atoms with Gasteiger partial charge in [0.05, 0.1) is 6.16 Å². The van der Waals surface area contributed by atoms with Crippen LogP contribution in [0.15, 0.2) is 48.6 Å². The lowest BCUT2D eigenvalue weighted by atomic mass is 10.1. The highest BCUT2D eigenvalue weighted by Gasteiger charge is 2.24. The monoisotopic (exact) mass is 280 g/mol. The zero-order valence-electron chi connectivity index (χ0n) is 11.0. The number of carbonyl (C=O) groups is 1. The topological polar surface area (TPSA) is 52.6 Å². The van der Waals surface area contributed by atoms with Crippen LogP contribution in [0.25, 0.3) is 6.08 Å². The summed E-state index contributed by atoms with van der Waals surface area (Å²) >= 11 is 0. The molecular formula is C14H17O4P. The van der Waals surface area contributed by atoms with Gasteiger partial charge in [-0.15, -0.1) is 0 Å². The first kappa shape index (κ1) is 15.6. The fourth-order valence-corrected chi connectivity index (χ4v) is 2.40. The summed E-state index contributed by atoms with van der Waals surface area (Å²) in [6.07, 6.45) is 2.96. The predicted molar refractivity (Wildman–Crippen MR) is 76.1 cm³/mol. The molecule has 0 N–H and O–H groups in total. The van der Waals surface area contributed by atoms with Gasteiger partial charge in [0.1, 0.15) is 0 Å². The highest BCUT2D eigenvalue weighted by molar-refractivity contribution is 7.54. The van der Waals surface area contributed by atoms with Crippen LogP contribution >= 0.6 is 7.60 Å². The molecule has 0 unspecified atom stereocenters. The second kappa shape index (κ2) is 7.19. The minimum absolute atomic E-state index is 0.113. The SMILES string of the molecule is C=C(CP(=O)(OC)OC)C(=O)/C=C/c1ccccc1. The van der Waals surface area contributed by atoms with Crippen molar-refractivity contribution in [1.29, 1.82) is 0 Å². The molecule has 0 aromatic heterocycles. The Labute approximate surface area is 113 Å². The average Bonchev–Trinajstić information content (AvgIpc) is 2.45. The Kier molecular flexibility index (Phi) is 5.90. The summed E-state index contributed by atoms with van der Waals surface area (Å²) in [4.78, 5) is 11.8. The van der Waals surface area contributed by atoms with Crippen LogP contribution in [0.2, 0.25) is 0 Å². The quantitative estimate of drug-likeness (QED) is 0.568. The number of hydrogen-bond donors (Lipinski definition) is 0. The molecule has 5 heteroatoms. The third kappa shape index (κ3) is 4.95. The number of hydrogen-bond acceptors (Lipinski definition) is 4. The first-order chi connectivity index (χ1) is 9.00. The van der Waals surface area contributed by atoms with Crippen molar-refractivity contribution in [2.75, 3.05) is 20.4 Å². The molecule has 0 atom stereocenters. The predicted octanol–water partition coefficient (Wildman–Crippen LogP) is 3.31. The first-order valence-corrected chi connectivity index (χ1v) is 7.39. The molecule has 102 valence electrons. The normalized spacial score (nSPS) is 11.7. The van der Waals surface area contributed by atoms with Gasteiger partial charge in [-0.2, -0.15) is 0 Å². The van der Waals surface area contributed by atoms with Gasteiger partial charge in [0, 0.05) is 19.8 Å². The number of allylic oxidation sites excluding steroid dienone is 2. The van der Waals surface area contributed by atoms with E-state index >= 15 is 0 Å². The summed E-state index contributed by atoms with van der Waals surface area (Å²) in [6, 6.07) is 9.40. The van der Waals surface area contributed by atoms with E-state index in [0.717, 1.165) is 5.56 Å². The van der Waals surface area contributed by atoms with Gasteiger partial charge >= 0.3 is 7.60 Å². The summed E-state index contributed by atoms with van der Waals surface area (Å²) in [5, 5.41) is 0. The zero-order chi connectivity index (χ0) is 14.3. The summed E-state index contributed by atoms with van der Waals surface area (Å²) in [5.74, 6) is -0.293. The largest absolute Gasteiger partial charge is 0.334 e. The molecular weight excluding hydrogens is 263 g/mol.